The smallest absolute Gasteiger partial charge is 0.243 e. The zero-order valence-corrected chi connectivity index (χ0v) is 16.6. The molecule has 0 bridgehead atoms. The Balaban J connectivity index is 1.77. The van der Waals surface area contributed by atoms with Crippen LogP contribution in [0, 0.1) is 6.92 Å². The van der Waals surface area contributed by atoms with Crippen molar-refractivity contribution in [1.29, 1.82) is 0 Å². The minimum atomic E-state index is -3.59. The molecular formula is C17H17Cl3N2O2S. The van der Waals surface area contributed by atoms with Crippen molar-refractivity contribution in [3.05, 3.63) is 57.0 Å². The summed E-state index contributed by atoms with van der Waals surface area (Å²) in [6.45, 7) is 3.96. The van der Waals surface area contributed by atoms with Crippen LogP contribution in [0.15, 0.2) is 41.3 Å². The Bertz CT molecular complexity index is 895. The Morgan fingerprint density at radius 2 is 1.56 bits per heavy atom. The highest BCUT2D eigenvalue weighted by molar-refractivity contribution is 7.89. The van der Waals surface area contributed by atoms with E-state index < -0.39 is 10.0 Å². The summed E-state index contributed by atoms with van der Waals surface area (Å²) < 4.78 is 27.1. The van der Waals surface area contributed by atoms with Crippen molar-refractivity contribution in [2.45, 2.75) is 11.8 Å². The molecule has 0 atom stereocenters. The largest absolute Gasteiger partial charge is 0.369 e. The van der Waals surface area contributed by atoms with Crippen LogP contribution >= 0.6 is 34.8 Å². The molecule has 0 N–H and O–H groups in total. The molecule has 0 aromatic heterocycles. The van der Waals surface area contributed by atoms with E-state index >= 15 is 0 Å². The van der Waals surface area contributed by atoms with Gasteiger partial charge in [0.05, 0.1) is 14.9 Å². The maximum absolute atomic E-state index is 12.8. The number of hydrogen-bond acceptors (Lipinski definition) is 3. The van der Waals surface area contributed by atoms with E-state index in [2.05, 4.69) is 4.90 Å². The van der Waals surface area contributed by atoms with Crippen molar-refractivity contribution in [2.75, 3.05) is 31.1 Å². The predicted molar refractivity (Wildman–Crippen MR) is 104 cm³/mol. The van der Waals surface area contributed by atoms with Crippen LogP contribution in [-0.4, -0.2) is 38.9 Å². The summed E-state index contributed by atoms with van der Waals surface area (Å²) >= 11 is 18.0. The van der Waals surface area contributed by atoms with E-state index in [0.29, 0.717) is 36.2 Å². The summed E-state index contributed by atoms with van der Waals surface area (Å²) in [5, 5.41) is 1.28. The van der Waals surface area contributed by atoms with Gasteiger partial charge < -0.3 is 4.90 Å². The lowest BCUT2D eigenvalue weighted by Crippen LogP contribution is -2.48. The van der Waals surface area contributed by atoms with Crippen LogP contribution in [0.25, 0.3) is 0 Å². The Labute approximate surface area is 162 Å². The standard InChI is InChI=1S/C17H17Cl3N2O2S/c1-12-14(18)3-2-4-17(12)21-7-9-22(10-8-21)25(23,24)13-5-6-15(19)16(20)11-13/h2-6,11H,7-10H2,1H3. The highest BCUT2D eigenvalue weighted by atomic mass is 35.5. The molecule has 8 heteroatoms. The van der Waals surface area contributed by atoms with Crippen molar-refractivity contribution in [3.63, 3.8) is 0 Å². The maximum atomic E-state index is 12.8. The molecule has 0 radical (unpaired) electrons. The van der Waals surface area contributed by atoms with Gasteiger partial charge in [0.15, 0.2) is 0 Å². The molecule has 1 aliphatic heterocycles. The molecule has 2 aromatic rings. The van der Waals surface area contributed by atoms with Crippen molar-refractivity contribution in [1.82, 2.24) is 4.31 Å². The summed E-state index contributed by atoms with van der Waals surface area (Å²) in [5.74, 6) is 0. The third-order valence-corrected chi connectivity index (χ3v) is 7.39. The quantitative estimate of drug-likeness (QED) is 0.737. The molecule has 0 saturated carbocycles. The fraction of sp³-hybridized carbons (Fsp3) is 0.294. The average molecular weight is 420 g/mol. The first-order valence-corrected chi connectivity index (χ1v) is 10.3. The Morgan fingerprint density at radius 1 is 0.880 bits per heavy atom. The van der Waals surface area contributed by atoms with E-state index in [1.807, 2.05) is 25.1 Å². The second kappa shape index (κ2) is 7.33. The van der Waals surface area contributed by atoms with Crippen LogP contribution in [0.3, 0.4) is 0 Å². The van der Waals surface area contributed by atoms with E-state index in [1.165, 1.54) is 22.5 Å². The van der Waals surface area contributed by atoms with Crippen LogP contribution in [-0.2, 0) is 10.0 Å². The number of piperazine rings is 1. The molecule has 1 aliphatic rings. The van der Waals surface area contributed by atoms with Crippen molar-refractivity contribution in [2.24, 2.45) is 0 Å². The maximum Gasteiger partial charge on any atom is 0.243 e. The number of nitrogens with zero attached hydrogens (tertiary/aromatic N) is 2. The fourth-order valence-corrected chi connectivity index (χ4v) is 4.88. The number of rotatable bonds is 3. The van der Waals surface area contributed by atoms with Gasteiger partial charge in [0.1, 0.15) is 0 Å². The molecular weight excluding hydrogens is 403 g/mol. The minimum absolute atomic E-state index is 0.161. The fourth-order valence-electron chi connectivity index (χ4n) is 2.89. The SMILES string of the molecule is Cc1c(Cl)cccc1N1CCN(S(=O)(=O)c2ccc(Cl)c(Cl)c2)CC1. The number of benzene rings is 2. The summed E-state index contributed by atoms with van der Waals surface area (Å²) in [4.78, 5) is 2.32. The van der Waals surface area contributed by atoms with Gasteiger partial charge in [0, 0.05) is 36.9 Å². The van der Waals surface area contributed by atoms with Crippen LogP contribution in [0.2, 0.25) is 15.1 Å². The van der Waals surface area contributed by atoms with Gasteiger partial charge in [0.2, 0.25) is 10.0 Å². The van der Waals surface area contributed by atoms with Gasteiger partial charge in [-0.05, 0) is 42.8 Å². The molecule has 2 aromatic carbocycles. The lowest BCUT2D eigenvalue weighted by atomic mass is 10.1. The minimum Gasteiger partial charge on any atom is -0.369 e. The van der Waals surface area contributed by atoms with Crippen LogP contribution in [0.4, 0.5) is 5.69 Å². The van der Waals surface area contributed by atoms with Crippen molar-refractivity contribution < 1.29 is 8.42 Å². The third kappa shape index (κ3) is 3.76. The highest BCUT2D eigenvalue weighted by Crippen LogP contribution is 2.30. The molecule has 3 rings (SSSR count). The molecule has 0 spiro atoms. The predicted octanol–water partition coefficient (Wildman–Crippen LogP) is 4.47. The normalized spacial score (nSPS) is 16.2. The number of halogens is 3. The molecule has 25 heavy (non-hydrogen) atoms. The van der Waals surface area contributed by atoms with Gasteiger partial charge in [-0.1, -0.05) is 40.9 Å². The van der Waals surface area contributed by atoms with E-state index in [1.54, 1.807) is 0 Å². The van der Waals surface area contributed by atoms with Crippen LogP contribution in [0.5, 0.6) is 0 Å². The van der Waals surface area contributed by atoms with Crippen LogP contribution in [0.1, 0.15) is 5.56 Å². The molecule has 1 heterocycles. The zero-order valence-electron chi connectivity index (χ0n) is 13.5. The van der Waals surface area contributed by atoms with Crippen molar-refractivity contribution >= 4 is 50.5 Å². The topological polar surface area (TPSA) is 40.6 Å². The summed E-state index contributed by atoms with van der Waals surface area (Å²) in [6, 6.07) is 10.1. The van der Waals surface area contributed by atoms with Gasteiger partial charge in [-0.3, -0.25) is 0 Å². The first-order valence-electron chi connectivity index (χ1n) is 7.76. The summed E-state index contributed by atoms with van der Waals surface area (Å²) in [5.41, 5.74) is 2.05. The first kappa shape index (κ1) is 18.8. The lowest BCUT2D eigenvalue weighted by molar-refractivity contribution is 0.385. The average Bonchev–Trinajstić information content (AvgIpc) is 2.60. The molecule has 134 valence electrons. The Morgan fingerprint density at radius 3 is 2.20 bits per heavy atom. The molecule has 0 unspecified atom stereocenters. The number of anilines is 1. The van der Waals surface area contributed by atoms with Crippen molar-refractivity contribution in [3.8, 4) is 0 Å². The van der Waals surface area contributed by atoms with E-state index in [-0.39, 0.29) is 9.92 Å². The van der Waals surface area contributed by atoms with Gasteiger partial charge in [-0.2, -0.15) is 4.31 Å². The van der Waals surface area contributed by atoms with E-state index in [4.69, 9.17) is 34.8 Å². The molecule has 0 aliphatic carbocycles. The summed E-state index contributed by atoms with van der Waals surface area (Å²) in [7, 11) is -3.59. The number of sulfonamides is 1. The Hall–Kier alpha value is -0.980. The second-order valence-electron chi connectivity index (χ2n) is 5.85. The lowest BCUT2D eigenvalue weighted by Gasteiger charge is -2.36. The summed E-state index contributed by atoms with van der Waals surface area (Å²) in [6.07, 6.45) is 0. The monoisotopic (exact) mass is 418 g/mol. The number of hydrogen-bond donors (Lipinski definition) is 0. The molecule has 0 amide bonds. The first-order chi connectivity index (χ1) is 11.8. The van der Waals surface area contributed by atoms with Gasteiger partial charge >= 0.3 is 0 Å². The second-order valence-corrected chi connectivity index (χ2v) is 9.01. The third-order valence-electron chi connectivity index (χ3n) is 4.35. The molecule has 4 nitrogen and oxygen atoms in total. The Kier molecular flexibility index (Phi) is 5.51. The van der Waals surface area contributed by atoms with Gasteiger partial charge in [-0.25, -0.2) is 8.42 Å². The zero-order chi connectivity index (χ0) is 18.2. The highest BCUT2D eigenvalue weighted by Gasteiger charge is 2.29. The van der Waals surface area contributed by atoms with E-state index in [9.17, 15) is 8.42 Å². The van der Waals surface area contributed by atoms with Gasteiger partial charge in [-0.15, -0.1) is 0 Å². The molecule has 1 fully saturated rings. The van der Waals surface area contributed by atoms with E-state index in [0.717, 1.165) is 11.3 Å². The molecule has 1 saturated heterocycles. The van der Waals surface area contributed by atoms with Crippen LogP contribution < -0.4 is 4.90 Å². The van der Waals surface area contributed by atoms with Gasteiger partial charge in [0.25, 0.3) is 0 Å².